The zero-order valence-corrected chi connectivity index (χ0v) is 8.92. The molecule has 88 valence electrons. The highest BCUT2D eigenvalue weighted by atomic mass is 16.5. The van der Waals surface area contributed by atoms with Crippen LogP contribution < -0.4 is 5.32 Å². The third-order valence-corrected chi connectivity index (χ3v) is 2.04. The van der Waals surface area contributed by atoms with Crippen LogP contribution in [0, 0.1) is 0 Å². The van der Waals surface area contributed by atoms with Gasteiger partial charge in [0.25, 0.3) is 0 Å². The number of nitrogens with one attached hydrogen (secondary N) is 1. The van der Waals surface area contributed by atoms with Gasteiger partial charge in [-0.05, 0) is 12.1 Å². The molecule has 0 aliphatic heterocycles. The average Bonchev–Trinajstić information content (AvgIpc) is 2.80. The Labute approximate surface area is 92.8 Å². The van der Waals surface area contributed by atoms with Gasteiger partial charge in [-0.3, -0.25) is 4.57 Å². The quantitative estimate of drug-likeness (QED) is 0.706. The third kappa shape index (κ3) is 3.09. The second-order valence-corrected chi connectivity index (χ2v) is 3.13. The molecule has 0 aromatic carbocycles. The van der Waals surface area contributed by atoms with E-state index in [9.17, 15) is 9.59 Å². The summed E-state index contributed by atoms with van der Waals surface area (Å²) >= 11 is 0. The predicted octanol–water partition coefficient (Wildman–Crippen LogP) is -0.0302. The van der Waals surface area contributed by atoms with Gasteiger partial charge in [0.2, 0.25) is 0 Å². The predicted molar refractivity (Wildman–Crippen MR) is 55.9 cm³/mol. The summed E-state index contributed by atoms with van der Waals surface area (Å²) in [6.45, 7) is -0.203. The largest absolute Gasteiger partial charge is 0.467 e. The number of rotatable bonds is 4. The fourth-order valence-electron chi connectivity index (χ4n) is 1.21. The fourth-order valence-corrected chi connectivity index (χ4v) is 1.21. The summed E-state index contributed by atoms with van der Waals surface area (Å²) in [5, 5.41) is 11.2. The molecule has 0 aliphatic rings. The van der Waals surface area contributed by atoms with E-state index in [1.165, 1.54) is 11.7 Å². The van der Waals surface area contributed by atoms with E-state index in [2.05, 4.69) is 10.1 Å². The minimum Gasteiger partial charge on any atom is -0.467 e. The Bertz CT molecular complexity index is 348. The zero-order chi connectivity index (χ0) is 12.0. The van der Waals surface area contributed by atoms with Gasteiger partial charge >= 0.3 is 12.0 Å². The summed E-state index contributed by atoms with van der Waals surface area (Å²) in [5.41, 5.74) is 0. The van der Waals surface area contributed by atoms with E-state index < -0.39 is 18.0 Å². The molecule has 16 heavy (non-hydrogen) atoms. The molecule has 6 nitrogen and oxygen atoms in total. The normalized spacial score (nSPS) is 11.9. The van der Waals surface area contributed by atoms with Crippen LogP contribution in [-0.2, 0) is 9.53 Å². The van der Waals surface area contributed by atoms with Crippen molar-refractivity contribution in [2.45, 2.75) is 12.5 Å². The fraction of sp³-hybridized carbons (Fsp3) is 0.400. The molecule has 1 aromatic rings. The van der Waals surface area contributed by atoms with E-state index >= 15 is 0 Å². The van der Waals surface area contributed by atoms with E-state index in [-0.39, 0.29) is 13.0 Å². The number of carbonyl (C=O) groups is 2. The second-order valence-electron chi connectivity index (χ2n) is 3.13. The average molecular weight is 226 g/mol. The maximum Gasteiger partial charge on any atom is 0.328 e. The van der Waals surface area contributed by atoms with E-state index in [0.717, 1.165) is 0 Å². The minimum atomic E-state index is -0.829. The van der Waals surface area contributed by atoms with Crippen LogP contribution in [0.3, 0.4) is 0 Å². The number of aliphatic hydroxyl groups excluding tert-OH is 1. The number of hydrogen-bond acceptors (Lipinski definition) is 4. The summed E-state index contributed by atoms with van der Waals surface area (Å²) < 4.78 is 5.81. The lowest BCUT2D eigenvalue weighted by molar-refractivity contribution is -0.143. The van der Waals surface area contributed by atoms with Gasteiger partial charge in [0.15, 0.2) is 0 Å². The van der Waals surface area contributed by atoms with Gasteiger partial charge in [0, 0.05) is 25.4 Å². The van der Waals surface area contributed by atoms with Crippen LogP contribution in [0.1, 0.15) is 6.42 Å². The Morgan fingerprint density at radius 3 is 2.56 bits per heavy atom. The lowest BCUT2D eigenvalue weighted by Crippen LogP contribution is -2.43. The van der Waals surface area contributed by atoms with Crippen molar-refractivity contribution in [3.8, 4) is 0 Å². The molecule has 1 rings (SSSR count). The zero-order valence-electron chi connectivity index (χ0n) is 8.92. The Kier molecular flexibility index (Phi) is 4.53. The van der Waals surface area contributed by atoms with Crippen LogP contribution in [0.4, 0.5) is 4.79 Å². The first-order chi connectivity index (χ1) is 7.69. The van der Waals surface area contributed by atoms with Gasteiger partial charge in [0.1, 0.15) is 6.04 Å². The molecule has 6 heteroatoms. The van der Waals surface area contributed by atoms with Gasteiger partial charge < -0.3 is 15.2 Å². The Balaban J connectivity index is 2.61. The molecule has 1 atom stereocenters. The molecule has 0 aliphatic carbocycles. The summed E-state index contributed by atoms with van der Waals surface area (Å²) in [6, 6.07) is 2.12. The van der Waals surface area contributed by atoms with Crippen molar-refractivity contribution < 1.29 is 19.4 Å². The SMILES string of the molecule is COC(=O)[C@H](CCO)NC(=O)n1cccc1. The molecule has 1 aromatic heterocycles. The van der Waals surface area contributed by atoms with Crippen LogP contribution in [0.25, 0.3) is 0 Å². The first-order valence-corrected chi connectivity index (χ1v) is 4.81. The Morgan fingerprint density at radius 1 is 1.44 bits per heavy atom. The highest BCUT2D eigenvalue weighted by molar-refractivity contribution is 5.84. The summed E-state index contributed by atoms with van der Waals surface area (Å²) in [7, 11) is 1.23. The first-order valence-electron chi connectivity index (χ1n) is 4.81. The van der Waals surface area contributed by atoms with E-state index in [0.29, 0.717) is 0 Å². The number of aliphatic hydroxyl groups is 1. The highest BCUT2D eigenvalue weighted by Gasteiger charge is 2.21. The van der Waals surface area contributed by atoms with Crippen LogP contribution in [0.2, 0.25) is 0 Å². The van der Waals surface area contributed by atoms with Crippen molar-refractivity contribution in [1.82, 2.24) is 9.88 Å². The van der Waals surface area contributed by atoms with Crippen molar-refractivity contribution in [2.24, 2.45) is 0 Å². The molecular formula is C10H14N2O4. The number of nitrogens with zero attached hydrogens (tertiary/aromatic N) is 1. The Hall–Kier alpha value is -1.82. The summed E-state index contributed by atoms with van der Waals surface area (Å²) in [5.74, 6) is -0.574. The lowest BCUT2D eigenvalue weighted by Gasteiger charge is -2.15. The number of esters is 1. The van der Waals surface area contributed by atoms with Gasteiger partial charge in [-0.15, -0.1) is 0 Å². The number of methoxy groups -OCH3 is 1. The molecule has 0 bridgehead atoms. The monoisotopic (exact) mass is 226 g/mol. The van der Waals surface area contributed by atoms with Crippen molar-refractivity contribution in [2.75, 3.05) is 13.7 Å². The van der Waals surface area contributed by atoms with Crippen LogP contribution >= 0.6 is 0 Å². The molecule has 0 unspecified atom stereocenters. The topological polar surface area (TPSA) is 80.6 Å². The van der Waals surface area contributed by atoms with Gasteiger partial charge in [-0.1, -0.05) is 0 Å². The van der Waals surface area contributed by atoms with E-state index in [4.69, 9.17) is 5.11 Å². The van der Waals surface area contributed by atoms with Gasteiger partial charge in [0.05, 0.1) is 7.11 Å². The maximum absolute atomic E-state index is 11.6. The number of ether oxygens (including phenoxy) is 1. The van der Waals surface area contributed by atoms with Gasteiger partial charge in [-0.2, -0.15) is 0 Å². The van der Waals surface area contributed by atoms with Crippen molar-refractivity contribution in [1.29, 1.82) is 0 Å². The third-order valence-electron chi connectivity index (χ3n) is 2.04. The molecule has 1 heterocycles. The smallest absolute Gasteiger partial charge is 0.328 e. The van der Waals surface area contributed by atoms with Crippen molar-refractivity contribution in [3.63, 3.8) is 0 Å². The Morgan fingerprint density at radius 2 is 2.06 bits per heavy atom. The minimum absolute atomic E-state index is 0.125. The van der Waals surface area contributed by atoms with Crippen LogP contribution in [0.5, 0.6) is 0 Å². The second kappa shape index (κ2) is 5.92. The number of carbonyl (C=O) groups excluding carboxylic acids is 2. The van der Waals surface area contributed by atoms with Crippen molar-refractivity contribution >= 4 is 12.0 Å². The summed E-state index contributed by atoms with van der Waals surface area (Å²) in [4.78, 5) is 22.8. The number of hydrogen-bond donors (Lipinski definition) is 2. The van der Waals surface area contributed by atoms with E-state index in [1.54, 1.807) is 24.5 Å². The standard InChI is InChI=1S/C10H14N2O4/c1-16-9(14)8(4-7-13)11-10(15)12-5-2-3-6-12/h2-3,5-6,8,13H,4,7H2,1H3,(H,11,15)/t8-/m0/s1. The van der Waals surface area contributed by atoms with Crippen LogP contribution in [-0.4, -0.2) is 41.4 Å². The van der Waals surface area contributed by atoms with Crippen molar-refractivity contribution in [3.05, 3.63) is 24.5 Å². The molecule has 0 radical (unpaired) electrons. The molecule has 0 fully saturated rings. The molecular weight excluding hydrogens is 212 g/mol. The molecule has 1 amide bonds. The number of aromatic nitrogens is 1. The maximum atomic E-state index is 11.6. The van der Waals surface area contributed by atoms with Crippen LogP contribution in [0.15, 0.2) is 24.5 Å². The molecule has 0 saturated carbocycles. The van der Waals surface area contributed by atoms with Gasteiger partial charge in [-0.25, -0.2) is 9.59 Å². The molecule has 0 spiro atoms. The highest BCUT2D eigenvalue weighted by Crippen LogP contribution is 1.97. The first kappa shape index (κ1) is 12.3. The van der Waals surface area contributed by atoms with E-state index in [1.807, 2.05) is 0 Å². The lowest BCUT2D eigenvalue weighted by atomic mass is 10.2. The molecule has 0 saturated heterocycles. The summed E-state index contributed by atoms with van der Waals surface area (Å²) in [6.07, 6.45) is 3.24. The number of amides is 1. The molecule has 2 N–H and O–H groups in total.